The van der Waals surface area contributed by atoms with Gasteiger partial charge in [-0.2, -0.15) is 5.01 Å². The maximum Gasteiger partial charge on any atom is 0.281 e. The zero-order valence-electron chi connectivity index (χ0n) is 13.0. The molecule has 0 fully saturated rings. The van der Waals surface area contributed by atoms with Gasteiger partial charge in [0.2, 0.25) is 0 Å². The lowest BCUT2D eigenvalue weighted by Crippen LogP contribution is -2.46. The van der Waals surface area contributed by atoms with Crippen LogP contribution in [-0.4, -0.2) is 34.1 Å². The van der Waals surface area contributed by atoms with E-state index in [0.717, 1.165) is 0 Å². The van der Waals surface area contributed by atoms with E-state index in [0.29, 0.717) is 26.6 Å². The van der Waals surface area contributed by atoms with Gasteiger partial charge in [0.25, 0.3) is 17.7 Å². The summed E-state index contributed by atoms with van der Waals surface area (Å²) >= 11 is 1.36. The molecule has 2 N–H and O–H groups in total. The highest BCUT2D eigenvalue weighted by Gasteiger charge is 2.40. The Kier molecular flexibility index (Phi) is 4.02. The zero-order chi connectivity index (χ0) is 17.4. The van der Waals surface area contributed by atoms with Gasteiger partial charge in [-0.25, -0.2) is 0 Å². The third-order valence-corrected chi connectivity index (χ3v) is 4.57. The minimum Gasteiger partial charge on any atom is -0.507 e. The predicted molar refractivity (Wildman–Crippen MR) is 89.0 cm³/mol. The number of phenols is 1. The van der Waals surface area contributed by atoms with Crippen LogP contribution in [0.1, 0.15) is 36.6 Å². The number of aromatic hydroxyl groups is 1. The molecule has 2 aromatic carbocycles. The lowest BCUT2D eigenvalue weighted by molar-refractivity contribution is 0.0516. The van der Waals surface area contributed by atoms with E-state index >= 15 is 0 Å². The van der Waals surface area contributed by atoms with E-state index in [9.17, 15) is 19.5 Å². The number of benzene rings is 2. The first-order chi connectivity index (χ1) is 11.5. The van der Waals surface area contributed by atoms with Crippen molar-refractivity contribution in [3.8, 4) is 5.75 Å². The van der Waals surface area contributed by atoms with Gasteiger partial charge in [-0.05, 0) is 36.9 Å². The number of amides is 3. The molecule has 7 heteroatoms. The van der Waals surface area contributed by atoms with Crippen LogP contribution >= 0.6 is 11.8 Å². The molecular weight excluding hydrogens is 328 g/mol. The summed E-state index contributed by atoms with van der Waals surface area (Å²) in [5.74, 6) is -2.11. The van der Waals surface area contributed by atoms with Crippen molar-refractivity contribution in [2.45, 2.75) is 11.8 Å². The third kappa shape index (κ3) is 2.43. The summed E-state index contributed by atoms with van der Waals surface area (Å²) in [5.41, 5.74) is 3.53. The van der Waals surface area contributed by atoms with Crippen LogP contribution < -0.4 is 5.43 Å². The number of para-hydroxylation sites is 1. The van der Waals surface area contributed by atoms with Crippen LogP contribution in [0.3, 0.4) is 0 Å². The van der Waals surface area contributed by atoms with E-state index in [1.165, 1.54) is 23.9 Å². The standard InChI is InChI=1S/C17H14N2O4S/c1-9-7-8-12(24-2)14-13(9)16(22)19(17(14)23)18-15(21)10-5-3-4-6-11(10)20/h3-8,20H,1-2H3,(H,18,21). The van der Waals surface area contributed by atoms with Gasteiger partial charge < -0.3 is 5.11 Å². The predicted octanol–water partition coefficient (Wildman–Crippen LogP) is 2.36. The van der Waals surface area contributed by atoms with Crippen LogP contribution in [0, 0.1) is 6.92 Å². The number of aryl methyl sites for hydroxylation is 1. The topological polar surface area (TPSA) is 86.7 Å². The van der Waals surface area contributed by atoms with Gasteiger partial charge in [-0.15, -0.1) is 11.8 Å². The Morgan fingerprint density at radius 1 is 1.08 bits per heavy atom. The largest absolute Gasteiger partial charge is 0.507 e. The second-order valence-electron chi connectivity index (χ2n) is 5.24. The molecule has 0 saturated carbocycles. The molecule has 0 radical (unpaired) electrons. The van der Waals surface area contributed by atoms with E-state index in [-0.39, 0.29) is 11.3 Å². The average Bonchev–Trinajstić information content (AvgIpc) is 2.82. The Morgan fingerprint density at radius 2 is 1.75 bits per heavy atom. The first-order valence-corrected chi connectivity index (χ1v) is 8.33. The highest BCUT2D eigenvalue weighted by molar-refractivity contribution is 7.98. The van der Waals surface area contributed by atoms with E-state index in [4.69, 9.17) is 0 Å². The summed E-state index contributed by atoms with van der Waals surface area (Å²) in [4.78, 5) is 38.1. The van der Waals surface area contributed by atoms with Crippen LogP contribution in [0.5, 0.6) is 5.75 Å². The number of hydrogen-bond donors (Lipinski definition) is 2. The van der Waals surface area contributed by atoms with Crippen molar-refractivity contribution in [3.63, 3.8) is 0 Å². The van der Waals surface area contributed by atoms with Gasteiger partial charge in [0.05, 0.1) is 16.7 Å². The number of nitrogens with one attached hydrogen (secondary N) is 1. The van der Waals surface area contributed by atoms with Crippen molar-refractivity contribution in [2.75, 3.05) is 6.26 Å². The van der Waals surface area contributed by atoms with Gasteiger partial charge in [0.1, 0.15) is 5.75 Å². The van der Waals surface area contributed by atoms with Gasteiger partial charge >= 0.3 is 0 Å². The Hall–Kier alpha value is -2.80. The van der Waals surface area contributed by atoms with Crippen molar-refractivity contribution in [2.24, 2.45) is 0 Å². The second-order valence-corrected chi connectivity index (χ2v) is 6.09. The summed E-state index contributed by atoms with van der Waals surface area (Å²) in [6, 6.07) is 9.45. The fraction of sp³-hybridized carbons (Fsp3) is 0.118. The molecule has 3 amide bonds. The Bertz CT molecular complexity index is 879. The summed E-state index contributed by atoms with van der Waals surface area (Å²) in [7, 11) is 0. The van der Waals surface area contributed by atoms with Crippen LogP contribution in [-0.2, 0) is 0 Å². The number of imide groups is 1. The lowest BCUT2D eigenvalue weighted by Gasteiger charge is -2.15. The molecule has 2 aromatic rings. The molecule has 6 nitrogen and oxygen atoms in total. The Labute approximate surface area is 142 Å². The highest BCUT2D eigenvalue weighted by Crippen LogP contribution is 2.32. The minimum atomic E-state index is -0.731. The number of nitrogens with zero attached hydrogens (tertiary/aromatic N) is 1. The zero-order valence-corrected chi connectivity index (χ0v) is 13.8. The SMILES string of the molecule is CSc1ccc(C)c2c1C(=O)N(NC(=O)c1ccccc1O)C2=O. The summed E-state index contributed by atoms with van der Waals surface area (Å²) in [6.45, 7) is 1.74. The van der Waals surface area contributed by atoms with Crippen molar-refractivity contribution >= 4 is 29.5 Å². The summed E-state index contributed by atoms with van der Waals surface area (Å²) < 4.78 is 0. The molecule has 0 bridgehead atoms. The number of hydrazine groups is 1. The smallest absolute Gasteiger partial charge is 0.281 e. The molecule has 0 saturated heterocycles. The van der Waals surface area contributed by atoms with Gasteiger partial charge in [-0.1, -0.05) is 18.2 Å². The normalized spacial score (nSPS) is 13.2. The molecule has 3 rings (SSSR count). The van der Waals surface area contributed by atoms with Crippen LogP contribution in [0.25, 0.3) is 0 Å². The van der Waals surface area contributed by atoms with Crippen LogP contribution in [0.4, 0.5) is 0 Å². The Morgan fingerprint density at radius 3 is 2.42 bits per heavy atom. The first kappa shape index (κ1) is 16.1. The maximum absolute atomic E-state index is 12.6. The van der Waals surface area contributed by atoms with Crippen molar-refractivity contribution in [1.82, 2.24) is 10.4 Å². The van der Waals surface area contributed by atoms with Gasteiger partial charge in [0, 0.05) is 4.90 Å². The highest BCUT2D eigenvalue weighted by atomic mass is 32.2. The molecule has 0 aliphatic carbocycles. The van der Waals surface area contributed by atoms with Crippen molar-refractivity contribution in [3.05, 3.63) is 58.7 Å². The molecule has 0 aromatic heterocycles. The quantitative estimate of drug-likeness (QED) is 0.660. The molecular formula is C17H14N2O4S. The van der Waals surface area contributed by atoms with E-state index in [2.05, 4.69) is 5.43 Å². The number of carbonyl (C=O) groups is 3. The molecule has 0 spiro atoms. The van der Waals surface area contributed by atoms with Gasteiger partial charge in [-0.3, -0.25) is 19.8 Å². The fourth-order valence-electron chi connectivity index (χ4n) is 2.59. The second kappa shape index (κ2) is 6.01. The number of hydrogen-bond acceptors (Lipinski definition) is 5. The molecule has 0 unspecified atom stereocenters. The van der Waals surface area contributed by atoms with Crippen molar-refractivity contribution < 1.29 is 19.5 Å². The van der Waals surface area contributed by atoms with Crippen LogP contribution in [0.2, 0.25) is 0 Å². The third-order valence-electron chi connectivity index (χ3n) is 3.79. The Balaban J connectivity index is 1.96. The number of fused-ring (bicyclic) bond motifs is 1. The van der Waals surface area contributed by atoms with E-state index < -0.39 is 17.7 Å². The summed E-state index contributed by atoms with van der Waals surface area (Å²) in [5, 5.41) is 10.4. The lowest BCUT2D eigenvalue weighted by atomic mass is 10.0. The number of rotatable bonds is 3. The van der Waals surface area contributed by atoms with Crippen LogP contribution in [0.15, 0.2) is 41.3 Å². The number of thioether (sulfide) groups is 1. The number of phenolic OH excluding ortho intramolecular Hbond substituents is 1. The maximum atomic E-state index is 12.6. The average molecular weight is 342 g/mol. The van der Waals surface area contributed by atoms with E-state index in [1.807, 2.05) is 6.26 Å². The van der Waals surface area contributed by atoms with Gasteiger partial charge in [0.15, 0.2) is 0 Å². The monoisotopic (exact) mass is 342 g/mol. The minimum absolute atomic E-state index is 0.0177. The molecule has 1 heterocycles. The molecule has 0 atom stereocenters. The molecule has 1 aliphatic heterocycles. The molecule has 1 aliphatic rings. The van der Waals surface area contributed by atoms with E-state index in [1.54, 1.807) is 31.2 Å². The molecule has 24 heavy (non-hydrogen) atoms. The fourth-order valence-corrected chi connectivity index (χ4v) is 3.19. The first-order valence-electron chi connectivity index (χ1n) is 7.11. The number of carbonyl (C=O) groups excluding carboxylic acids is 3. The molecule has 122 valence electrons. The van der Waals surface area contributed by atoms with Crippen molar-refractivity contribution in [1.29, 1.82) is 0 Å². The summed E-state index contributed by atoms with van der Waals surface area (Å²) in [6.07, 6.45) is 1.81.